The third kappa shape index (κ3) is 3.94. The van der Waals surface area contributed by atoms with Crippen LogP contribution in [0.1, 0.15) is 11.1 Å². The highest BCUT2D eigenvalue weighted by Crippen LogP contribution is 2.14. The molecule has 0 saturated carbocycles. The highest BCUT2D eigenvalue weighted by atomic mass is 32.1. The lowest BCUT2D eigenvalue weighted by molar-refractivity contribution is -0.0551. The lowest BCUT2D eigenvalue weighted by Crippen LogP contribution is -2.43. The molecule has 1 aliphatic heterocycles. The summed E-state index contributed by atoms with van der Waals surface area (Å²) in [6, 6.07) is 4.61. The van der Waals surface area contributed by atoms with Gasteiger partial charge in [0.1, 0.15) is 10.8 Å². The number of rotatable bonds is 4. The summed E-state index contributed by atoms with van der Waals surface area (Å²) in [5.74, 6) is -0.340. The van der Waals surface area contributed by atoms with Gasteiger partial charge in [0.25, 0.3) is 0 Å². The SMILES string of the molecule is NC(=S)c1cc(F)cc(CN2CCOC(CO)C2)c1. The van der Waals surface area contributed by atoms with E-state index in [1.165, 1.54) is 12.1 Å². The summed E-state index contributed by atoms with van der Waals surface area (Å²) in [5.41, 5.74) is 6.89. The fourth-order valence-electron chi connectivity index (χ4n) is 2.18. The molecule has 1 saturated heterocycles. The molecule has 0 spiro atoms. The number of hydrogen-bond acceptors (Lipinski definition) is 4. The van der Waals surface area contributed by atoms with Gasteiger partial charge in [0.15, 0.2) is 0 Å². The normalized spacial score (nSPS) is 20.4. The number of aliphatic hydroxyl groups is 1. The zero-order valence-electron chi connectivity index (χ0n) is 10.5. The number of thiocarbonyl (C=S) groups is 1. The van der Waals surface area contributed by atoms with E-state index in [0.717, 1.165) is 12.1 Å². The van der Waals surface area contributed by atoms with Crippen molar-refractivity contribution in [3.8, 4) is 0 Å². The van der Waals surface area contributed by atoms with Crippen molar-refractivity contribution in [3.63, 3.8) is 0 Å². The second-order valence-corrected chi connectivity index (χ2v) is 5.06. The van der Waals surface area contributed by atoms with E-state index in [9.17, 15) is 4.39 Å². The van der Waals surface area contributed by atoms with Crippen LogP contribution in [0.5, 0.6) is 0 Å². The van der Waals surface area contributed by atoms with Gasteiger partial charge in [-0.05, 0) is 23.8 Å². The van der Waals surface area contributed by atoms with Crippen LogP contribution in [0.2, 0.25) is 0 Å². The molecule has 1 aromatic carbocycles. The van der Waals surface area contributed by atoms with Crippen molar-refractivity contribution < 1.29 is 14.2 Å². The van der Waals surface area contributed by atoms with Crippen molar-refractivity contribution in [3.05, 3.63) is 35.1 Å². The van der Waals surface area contributed by atoms with E-state index in [1.54, 1.807) is 6.07 Å². The topological polar surface area (TPSA) is 58.7 Å². The first-order valence-electron chi connectivity index (χ1n) is 6.12. The van der Waals surface area contributed by atoms with E-state index in [0.29, 0.717) is 25.3 Å². The van der Waals surface area contributed by atoms with Gasteiger partial charge in [-0.25, -0.2) is 4.39 Å². The van der Waals surface area contributed by atoms with Gasteiger partial charge in [-0.15, -0.1) is 0 Å². The van der Waals surface area contributed by atoms with Gasteiger partial charge in [-0.3, -0.25) is 4.90 Å². The summed E-state index contributed by atoms with van der Waals surface area (Å²) in [4.78, 5) is 2.30. The van der Waals surface area contributed by atoms with E-state index in [4.69, 9.17) is 27.8 Å². The number of ether oxygens (including phenoxy) is 1. The second-order valence-electron chi connectivity index (χ2n) is 4.62. The molecule has 3 N–H and O–H groups in total. The Kier molecular flexibility index (Phi) is 4.81. The van der Waals surface area contributed by atoms with Crippen LogP contribution in [0.3, 0.4) is 0 Å². The van der Waals surface area contributed by atoms with Crippen LogP contribution < -0.4 is 5.73 Å². The van der Waals surface area contributed by atoms with Gasteiger partial charge < -0.3 is 15.6 Å². The molecule has 6 heteroatoms. The fourth-order valence-corrected chi connectivity index (χ4v) is 2.29. The molecule has 1 unspecified atom stereocenters. The average molecular weight is 284 g/mol. The molecule has 0 bridgehead atoms. The van der Waals surface area contributed by atoms with E-state index < -0.39 is 0 Å². The van der Waals surface area contributed by atoms with Crippen molar-refractivity contribution >= 4 is 17.2 Å². The van der Waals surface area contributed by atoms with E-state index in [-0.39, 0.29) is 23.5 Å². The van der Waals surface area contributed by atoms with Crippen LogP contribution >= 0.6 is 12.2 Å². The standard InChI is InChI=1S/C13H17FN2O2S/c14-11-4-9(3-10(5-11)13(15)19)6-16-1-2-18-12(7-16)8-17/h3-5,12,17H,1-2,6-8H2,(H2,15,19). The molecule has 2 rings (SSSR count). The smallest absolute Gasteiger partial charge is 0.124 e. The van der Waals surface area contributed by atoms with E-state index >= 15 is 0 Å². The number of aliphatic hydroxyl groups excluding tert-OH is 1. The third-order valence-electron chi connectivity index (χ3n) is 3.07. The zero-order valence-corrected chi connectivity index (χ0v) is 11.3. The summed E-state index contributed by atoms with van der Waals surface area (Å²) < 4.78 is 18.9. The molecule has 0 aliphatic carbocycles. The van der Waals surface area contributed by atoms with Gasteiger partial charge >= 0.3 is 0 Å². The Hall–Kier alpha value is -1.08. The van der Waals surface area contributed by atoms with Gasteiger partial charge in [0, 0.05) is 25.2 Å². The number of morpholine rings is 1. The molecule has 4 nitrogen and oxygen atoms in total. The highest BCUT2D eigenvalue weighted by molar-refractivity contribution is 7.80. The van der Waals surface area contributed by atoms with Crippen LogP contribution in [-0.4, -0.2) is 47.4 Å². The number of benzene rings is 1. The van der Waals surface area contributed by atoms with Gasteiger partial charge in [-0.2, -0.15) is 0 Å². The molecule has 0 amide bonds. The summed E-state index contributed by atoms with van der Waals surface area (Å²) >= 11 is 4.87. The predicted octanol–water partition coefficient (Wildman–Crippen LogP) is 0.653. The fraction of sp³-hybridized carbons (Fsp3) is 0.462. The van der Waals surface area contributed by atoms with Crippen LogP contribution in [-0.2, 0) is 11.3 Å². The van der Waals surface area contributed by atoms with Crippen LogP contribution in [0.15, 0.2) is 18.2 Å². The molecule has 0 radical (unpaired) electrons. The van der Waals surface area contributed by atoms with Gasteiger partial charge in [0.2, 0.25) is 0 Å². The zero-order chi connectivity index (χ0) is 13.8. The largest absolute Gasteiger partial charge is 0.394 e. The summed E-state index contributed by atoms with van der Waals surface area (Å²) in [6.45, 7) is 2.55. The monoisotopic (exact) mass is 284 g/mol. The quantitative estimate of drug-likeness (QED) is 0.795. The van der Waals surface area contributed by atoms with Crippen molar-refractivity contribution in [1.29, 1.82) is 0 Å². The summed E-state index contributed by atoms with van der Waals surface area (Å²) in [6.07, 6.45) is -0.169. The molecular formula is C13H17FN2O2S. The number of hydrogen-bond donors (Lipinski definition) is 2. The number of nitrogens with two attached hydrogens (primary N) is 1. The Morgan fingerprint density at radius 2 is 2.32 bits per heavy atom. The maximum absolute atomic E-state index is 13.5. The van der Waals surface area contributed by atoms with Gasteiger partial charge in [0.05, 0.1) is 19.3 Å². The first-order valence-corrected chi connectivity index (χ1v) is 6.53. The van der Waals surface area contributed by atoms with Gasteiger partial charge in [-0.1, -0.05) is 12.2 Å². The first kappa shape index (κ1) is 14.3. The minimum Gasteiger partial charge on any atom is -0.394 e. The Balaban J connectivity index is 2.08. The molecule has 19 heavy (non-hydrogen) atoms. The summed E-state index contributed by atoms with van der Waals surface area (Å²) in [7, 11) is 0. The van der Waals surface area contributed by atoms with Crippen molar-refractivity contribution in [1.82, 2.24) is 4.90 Å². The highest BCUT2D eigenvalue weighted by Gasteiger charge is 2.20. The van der Waals surface area contributed by atoms with E-state index in [1.807, 2.05) is 0 Å². The average Bonchev–Trinajstić information content (AvgIpc) is 2.38. The van der Waals surface area contributed by atoms with Crippen LogP contribution in [0.25, 0.3) is 0 Å². The molecule has 1 fully saturated rings. The lowest BCUT2D eigenvalue weighted by atomic mass is 10.1. The third-order valence-corrected chi connectivity index (χ3v) is 3.31. The van der Waals surface area contributed by atoms with Crippen molar-refractivity contribution in [2.24, 2.45) is 5.73 Å². The Bertz CT molecular complexity index is 470. The minimum absolute atomic E-state index is 0.00220. The van der Waals surface area contributed by atoms with E-state index in [2.05, 4.69) is 4.90 Å². The predicted molar refractivity (Wildman–Crippen MR) is 74.4 cm³/mol. The molecule has 1 aliphatic rings. The molecule has 0 aromatic heterocycles. The molecule has 1 atom stereocenters. The minimum atomic E-state index is -0.340. The molecular weight excluding hydrogens is 267 g/mol. The van der Waals surface area contributed by atoms with Crippen LogP contribution in [0.4, 0.5) is 4.39 Å². The van der Waals surface area contributed by atoms with Crippen molar-refractivity contribution in [2.45, 2.75) is 12.6 Å². The lowest BCUT2D eigenvalue weighted by Gasteiger charge is -2.32. The Morgan fingerprint density at radius 3 is 3.00 bits per heavy atom. The molecule has 1 heterocycles. The molecule has 104 valence electrons. The maximum atomic E-state index is 13.5. The Morgan fingerprint density at radius 1 is 1.53 bits per heavy atom. The second kappa shape index (κ2) is 6.38. The van der Waals surface area contributed by atoms with Crippen molar-refractivity contribution in [2.75, 3.05) is 26.3 Å². The maximum Gasteiger partial charge on any atom is 0.124 e. The Labute approximate surface area is 117 Å². The number of halogens is 1. The number of nitrogens with zero attached hydrogens (tertiary/aromatic N) is 1. The summed E-state index contributed by atoms with van der Waals surface area (Å²) in [5, 5.41) is 9.09. The van der Waals surface area contributed by atoms with Crippen LogP contribution in [0, 0.1) is 5.82 Å². The first-order chi connectivity index (χ1) is 9.08. The molecule has 1 aromatic rings.